The topological polar surface area (TPSA) is 34.5 Å². The van der Waals surface area contributed by atoms with Gasteiger partial charge in [0.05, 0.1) is 0 Å². The van der Waals surface area contributed by atoms with E-state index < -0.39 is 0 Å². The summed E-state index contributed by atoms with van der Waals surface area (Å²) >= 11 is 0. The second kappa shape index (κ2) is 8.94. The summed E-state index contributed by atoms with van der Waals surface area (Å²) in [5.74, 6) is 0.605. The molecule has 4 heteroatoms. The van der Waals surface area contributed by atoms with Crippen LogP contribution >= 0.6 is 0 Å². The summed E-state index contributed by atoms with van der Waals surface area (Å²) in [7, 11) is 0. The maximum Gasteiger partial charge on any atom is 0.258 e. The number of nitrogens with zero attached hydrogens (tertiary/aromatic N) is 2. The molecule has 158 valence electrons. The minimum atomic E-state index is -0.0501. The molecule has 1 aromatic heterocycles. The van der Waals surface area contributed by atoms with Gasteiger partial charge in [0.2, 0.25) is 0 Å². The number of ether oxygens (including phenoxy) is 1. The zero-order valence-corrected chi connectivity index (χ0v) is 17.8. The molecule has 1 aliphatic heterocycles. The Balaban J connectivity index is 1.30. The summed E-state index contributed by atoms with van der Waals surface area (Å²) in [6.07, 6.45) is 8.47. The van der Waals surface area contributed by atoms with E-state index >= 15 is 0 Å². The summed E-state index contributed by atoms with van der Waals surface area (Å²) < 4.78 is 7.55. The fourth-order valence-electron chi connectivity index (χ4n) is 4.55. The van der Waals surface area contributed by atoms with Crippen molar-refractivity contribution in [3.8, 4) is 5.75 Å². The minimum Gasteiger partial charge on any atom is -0.489 e. The van der Waals surface area contributed by atoms with Gasteiger partial charge >= 0.3 is 0 Å². The van der Waals surface area contributed by atoms with Gasteiger partial charge in [0, 0.05) is 24.5 Å². The molecule has 0 atom stereocenters. The number of rotatable bonds is 6. The van der Waals surface area contributed by atoms with Crippen LogP contribution < -0.4 is 10.3 Å². The van der Waals surface area contributed by atoms with Crippen molar-refractivity contribution in [2.75, 3.05) is 13.1 Å². The first-order valence-corrected chi connectivity index (χ1v) is 11.2. The smallest absolute Gasteiger partial charge is 0.258 e. The van der Waals surface area contributed by atoms with Crippen LogP contribution in [0.15, 0.2) is 71.7 Å². The molecule has 0 unspecified atom stereocenters. The predicted octanol–water partition coefficient (Wildman–Crippen LogP) is 4.97. The average molecular weight is 413 g/mol. The van der Waals surface area contributed by atoms with Crippen LogP contribution in [0.3, 0.4) is 0 Å². The molecule has 31 heavy (non-hydrogen) atoms. The van der Waals surface area contributed by atoms with Crippen LogP contribution in [0, 0.1) is 0 Å². The molecular formula is C27H28N2O2. The molecule has 1 saturated heterocycles. The predicted molar refractivity (Wildman–Crippen MR) is 125 cm³/mol. The van der Waals surface area contributed by atoms with E-state index in [2.05, 4.69) is 29.2 Å². The van der Waals surface area contributed by atoms with Crippen LogP contribution in [0.2, 0.25) is 0 Å². The third-order valence-electron chi connectivity index (χ3n) is 6.23. The quantitative estimate of drug-likeness (QED) is 0.573. The van der Waals surface area contributed by atoms with E-state index in [0.717, 1.165) is 30.6 Å². The zero-order chi connectivity index (χ0) is 21.0. The molecule has 1 aliphatic carbocycles. The van der Waals surface area contributed by atoms with Gasteiger partial charge in [-0.15, -0.1) is 0 Å². The highest BCUT2D eigenvalue weighted by Crippen LogP contribution is 2.28. The summed E-state index contributed by atoms with van der Waals surface area (Å²) in [4.78, 5) is 15.3. The average Bonchev–Trinajstić information content (AvgIpc) is 3.31. The van der Waals surface area contributed by atoms with E-state index in [0.29, 0.717) is 12.4 Å². The van der Waals surface area contributed by atoms with E-state index in [9.17, 15) is 4.79 Å². The number of benzene rings is 2. The lowest BCUT2D eigenvalue weighted by Crippen LogP contribution is -2.20. The largest absolute Gasteiger partial charge is 0.489 e. The van der Waals surface area contributed by atoms with Gasteiger partial charge in [0.25, 0.3) is 5.56 Å². The first-order chi connectivity index (χ1) is 15.2. The zero-order valence-electron chi connectivity index (χ0n) is 17.8. The molecule has 0 bridgehead atoms. The van der Waals surface area contributed by atoms with Gasteiger partial charge in [-0.05, 0) is 73.2 Å². The fourth-order valence-corrected chi connectivity index (χ4v) is 4.55. The number of hydrogen-bond donors (Lipinski definition) is 0. The van der Waals surface area contributed by atoms with Crippen molar-refractivity contribution < 1.29 is 4.74 Å². The summed E-state index contributed by atoms with van der Waals surface area (Å²) in [6.45, 7) is 3.94. The molecule has 4 nitrogen and oxygen atoms in total. The fraction of sp³-hybridized carbons (Fsp3) is 0.296. The molecule has 2 aliphatic rings. The third kappa shape index (κ3) is 4.64. The molecular weight excluding hydrogens is 384 g/mol. The van der Waals surface area contributed by atoms with Crippen molar-refractivity contribution >= 4 is 11.8 Å². The van der Waals surface area contributed by atoms with Crippen LogP contribution in [-0.2, 0) is 19.6 Å². The highest BCUT2D eigenvalue weighted by Gasteiger charge is 2.16. The van der Waals surface area contributed by atoms with Crippen molar-refractivity contribution in [1.29, 1.82) is 0 Å². The number of fused-ring (bicyclic) bond motifs is 1. The Morgan fingerprint density at radius 2 is 1.71 bits per heavy atom. The van der Waals surface area contributed by atoms with E-state index in [4.69, 9.17) is 4.74 Å². The van der Waals surface area contributed by atoms with Crippen LogP contribution in [0.4, 0.5) is 0 Å². The van der Waals surface area contributed by atoms with E-state index in [-0.39, 0.29) is 5.56 Å². The molecule has 0 spiro atoms. The standard InChI is InChI=1S/C27H28N2O2/c30-27-18-26(31-20-21-6-2-1-3-7-21)12-15-29(27)25-11-10-23-16-22(8-9-24(23)17-25)19-28-13-4-5-14-28/h1-3,6-9,12,15-18H,4-5,10-11,13-14,19-20H2. The summed E-state index contributed by atoms with van der Waals surface area (Å²) in [5, 5.41) is 0. The van der Waals surface area contributed by atoms with E-state index in [1.807, 2.05) is 42.6 Å². The maximum absolute atomic E-state index is 12.7. The lowest BCUT2D eigenvalue weighted by molar-refractivity contribution is 0.305. The Labute approximate surface area is 183 Å². The third-order valence-corrected chi connectivity index (χ3v) is 6.23. The van der Waals surface area contributed by atoms with Gasteiger partial charge < -0.3 is 4.74 Å². The van der Waals surface area contributed by atoms with Gasteiger partial charge in [0.1, 0.15) is 12.4 Å². The molecule has 2 heterocycles. The molecule has 0 amide bonds. The highest BCUT2D eigenvalue weighted by atomic mass is 16.5. The van der Waals surface area contributed by atoms with Gasteiger partial charge in [-0.2, -0.15) is 0 Å². The Bertz CT molecular complexity index is 1140. The number of allylic oxidation sites excluding steroid dienone is 1. The van der Waals surface area contributed by atoms with Crippen molar-refractivity contribution in [2.24, 2.45) is 0 Å². The van der Waals surface area contributed by atoms with Gasteiger partial charge in [-0.3, -0.25) is 14.3 Å². The van der Waals surface area contributed by atoms with Gasteiger partial charge in [0.15, 0.2) is 0 Å². The van der Waals surface area contributed by atoms with Crippen molar-refractivity contribution in [2.45, 2.75) is 38.8 Å². The Morgan fingerprint density at radius 1 is 0.871 bits per heavy atom. The molecule has 2 aromatic carbocycles. The maximum atomic E-state index is 12.7. The van der Waals surface area contributed by atoms with Gasteiger partial charge in [-0.1, -0.05) is 48.5 Å². The molecule has 0 saturated carbocycles. The molecule has 5 rings (SSSR count). The van der Waals surface area contributed by atoms with E-state index in [1.165, 1.54) is 42.6 Å². The normalized spacial score (nSPS) is 16.1. The number of aromatic nitrogens is 1. The van der Waals surface area contributed by atoms with E-state index in [1.54, 1.807) is 10.6 Å². The minimum absolute atomic E-state index is 0.0501. The number of likely N-dealkylation sites (tertiary alicyclic amines) is 1. The van der Waals surface area contributed by atoms with Crippen molar-refractivity contribution in [3.05, 3.63) is 99.5 Å². The monoisotopic (exact) mass is 412 g/mol. The number of pyridine rings is 1. The second-order valence-electron chi connectivity index (χ2n) is 8.50. The summed E-state index contributed by atoms with van der Waals surface area (Å²) in [5.41, 5.74) is 6.08. The van der Waals surface area contributed by atoms with Crippen LogP contribution in [0.1, 0.15) is 41.5 Å². The molecule has 1 fully saturated rings. The van der Waals surface area contributed by atoms with Gasteiger partial charge in [-0.25, -0.2) is 0 Å². The van der Waals surface area contributed by atoms with Crippen LogP contribution in [-0.4, -0.2) is 22.6 Å². The first-order valence-electron chi connectivity index (χ1n) is 11.2. The lowest BCUT2D eigenvalue weighted by Gasteiger charge is -2.20. The first kappa shape index (κ1) is 19.8. The number of aryl methyl sites for hydroxylation is 1. The summed E-state index contributed by atoms with van der Waals surface area (Å²) in [6, 6.07) is 20.2. The Hall–Kier alpha value is -3.11. The SMILES string of the molecule is O=c1cc(OCc2ccccc2)ccn1C1=Cc2ccc(CN3CCCC3)cc2CC1. The molecule has 0 N–H and O–H groups in total. The van der Waals surface area contributed by atoms with Crippen molar-refractivity contribution in [1.82, 2.24) is 9.47 Å². The number of hydrogen-bond acceptors (Lipinski definition) is 3. The lowest BCUT2D eigenvalue weighted by atomic mass is 9.93. The van der Waals surface area contributed by atoms with Crippen LogP contribution in [0.25, 0.3) is 11.8 Å². The Morgan fingerprint density at radius 3 is 2.52 bits per heavy atom. The van der Waals surface area contributed by atoms with Crippen molar-refractivity contribution in [3.63, 3.8) is 0 Å². The molecule has 3 aromatic rings. The second-order valence-corrected chi connectivity index (χ2v) is 8.50. The van der Waals surface area contributed by atoms with Crippen LogP contribution in [0.5, 0.6) is 5.75 Å². The highest BCUT2D eigenvalue weighted by molar-refractivity contribution is 5.75. The Kier molecular flexibility index (Phi) is 5.72. The molecule has 0 radical (unpaired) electrons.